The minimum absolute atomic E-state index is 0.132. The summed E-state index contributed by atoms with van der Waals surface area (Å²) in [7, 11) is 0. The van der Waals surface area contributed by atoms with Gasteiger partial charge in [0.2, 0.25) is 5.90 Å². The summed E-state index contributed by atoms with van der Waals surface area (Å²) in [5.74, 6) is 0.667. The number of anilines is 2. The topological polar surface area (TPSA) is 107 Å². The molecule has 8 nitrogen and oxygen atoms in total. The average Bonchev–Trinajstić information content (AvgIpc) is 3.32. The van der Waals surface area contributed by atoms with Crippen molar-refractivity contribution in [3.63, 3.8) is 0 Å². The van der Waals surface area contributed by atoms with Gasteiger partial charge in [-0.3, -0.25) is 0 Å². The Hall–Kier alpha value is -2.94. The van der Waals surface area contributed by atoms with Gasteiger partial charge < -0.3 is 21.1 Å². The fraction of sp³-hybridized carbons (Fsp3) is 0.421. The van der Waals surface area contributed by atoms with Crippen LogP contribution in [0.3, 0.4) is 0 Å². The van der Waals surface area contributed by atoms with Gasteiger partial charge in [-0.15, -0.1) is 0 Å². The molecule has 1 aliphatic rings. The van der Waals surface area contributed by atoms with E-state index in [1.165, 1.54) is 0 Å². The van der Waals surface area contributed by atoms with Crippen molar-refractivity contribution in [3.8, 4) is 0 Å². The van der Waals surface area contributed by atoms with Gasteiger partial charge in [-0.2, -0.15) is 5.10 Å². The summed E-state index contributed by atoms with van der Waals surface area (Å²) >= 11 is 0. The second kappa shape index (κ2) is 8.83. The van der Waals surface area contributed by atoms with E-state index in [-0.39, 0.29) is 12.1 Å². The van der Waals surface area contributed by atoms with E-state index in [9.17, 15) is 4.39 Å². The lowest BCUT2D eigenvalue weighted by Crippen LogP contribution is -2.39. The number of halogens is 1. The van der Waals surface area contributed by atoms with E-state index >= 15 is 0 Å². The van der Waals surface area contributed by atoms with E-state index < -0.39 is 5.83 Å². The van der Waals surface area contributed by atoms with Crippen molar-refractivity contribution in [2.75, 3.05) is 23.7 Å². The number of nitrogens with two attached hydrogens (primary N) is 2. The quantitative estimate of drug-likeness (QED) is 0.429. The zero-order valence-corrected chi connectivity index (χ0v) is 16.0. The van der Waals surface area contributed by atoms with Gasteiger partial charge in [-0.25, -0.2) is 18.9 Å². The summed E-state index contributed by atoms with van der Waals surface area (Å²) in [6.07, 6.45) is 7.92. The van der Waals surface area contributed by atoms with Crippen molar-refractivity contribution in [1.29, 1.82) is 0 Å². The van der Waals surface area contributed by atoms with Gasteiger partial charge in [0.1, 0.15) is 17.7 Å². The molecule has 28 heavy (non-hydrogen) atoms. The van der Waals surface area contributed by atoms with Crippen LogP contribution in [0.25, 0.3) is 5.65 Å². The SMILES string of the molecule is C=C/C(F)=C\N=C(\O[C@@H](C)CCN)C1CCCN1c1ccn2ncc(N)c2n1. The third kappa shape index (κ3) is 4.30. The first kappa shape index (κ1) is 19.8. The van der Waals surface area contributed by atoms with Crippen LogP contribution in [0.4, 0.5) is 15.9 Å². The monoisotopic (exact) mass is 387 g/mol. The molecule has 0 bridgehead atoms. The number of nitrogen functional groups attached to an aromatic ring is 1. The van der Waals surface area contributed by atoms with Gasteiger partial charge in [0.25, 0.3) is 0 Å². The van der Waals surface area contributed by atoms with E-state index in [1.54, 1.807) is 10.7 Å². The highest BCUT2D eigenvalue weighted by atomic mass is 19.1. The number of aromatic nitrogens is 3. The molecule has 0 radical (unpaired) electrons. The minimum Gasteiger partial charge on any atom is -0.476 e. The molecular formula is C19H26FN7O. The normalized spacial score (nSPS) is 19.2. The van der Waals surface area contributed by atoms with Crippen LogP contribution in [0.1, 0.15) is 26.2 Å². The second-order valence-electron chi connectivity index (χ2n) is 6.70. The third-order valence-electron chi connectivity index (χ3n) is 4.62. The fourth-order valence-corrected chi connectivity index (χ4v) is 3.21. The van der Waals surface area contributed by atoms with Crippen LogP contribution in [0.5, 0.6) is 0 Å². The maximum absolute atomic E-state index is 13.6. The molecular weight excluding hydrogens is 361 g/mol. The van der Waals surface area contributed by atoms with Crippen LogP contribution in [-0.4, -0.2) is 45.7 Å². The molecule has 1 fully saturated rings. The van der Waals surface area contributed by atoms with Crippen LogP contribution < -0.4 is 16.4 Å². The highest BCUT2D eigenvalue weighted by Gasteiger charge is 2.32. The summed E-state index contributed by atoms with van der Waals surface area (Å²) in [4.78, 5) is 11.0. The number of rotatable bonds is 7. The maximum Gasteiger partial charge on any atom is 0.211 e. The lowest BCUT2D eigenvalue weighted by atomic mass is 10.2. The summed E-state index contributed by atoms with van der Waals surface area (Å²) in [6, 6.07) is 1.71. The van der Waals surface area contributed by atoms with Crippen LogP contribution in [0, 0.1) is 0 Å². The Morgan fingerprint density at radius 1 is 1.57 bits per heavy atom. The van der Waals surface area contributed by atoms with Crippen LogP contribution in [0.15, 0.2) is 48.1 Å². The number of nitrogens with zero attached hydrogens (tertiary/aromatic N) is 5. The van der Waals surface area contributed by atoms with Gasteiger partial charge in [0.05, 0.1) is 24.2 Å². The van der Waals surface area contributed by atoms with E-state index in [1.807, 2.05) is 19.2 Å². The molecule has 3 heterocycles. The standard InChI is InChI=1S/C19H26FN7O/c1-3-14(20)11-23-19(28-13(2)6-8-21)16-5-4-9-26(16)17-7-10-27-18(25-17)15(22)12-24-27/h3,7,10-13,16H,1,4-6,8-9,21-22H2,2H3/b14-11+,23-19+/t13-,16?/m0/s1. The lowest BCUT2D eigenvalue weighted by molar-refractivity contribution is 0.191. The van der Waals surface area contributed by atoms with Crippen LogP contribution in [0.2, 0.25) is 0 Å². The zero-order valence-electron chi connectivity index (χ0n) is 16.0. The van der Waals surface area contributed by atoms with E-state index in [0.29, 0.717) is 30.2 Å². The molecule has 2 atom stereocenters. The first-order valence-electron chi connectivity index (χ1n) is 9.32. The van der Waals surface area contributed by atoms with Gasteiger partial charge in [-0.1, -0.05) is 6.58 Å². The zero-order chi connectivity index (χ0) is 20.1. The minimum atomic E-state index is -0.524. The van der Waals surface area contributed by atoms with Crippen molar-refractivity contribution in [3.05, 3.63) is 43.1 Å². The number of ether oxygens (including phenoxy) is 1. The Bertz CT molecular complexity index is 892. The van der Waals surface area contributed by atoms with Crippen molar-refractivity contribution < 1.29 is 9.13 Å². The Kier molecular flexibility index (Phi) is 6.25. The Balaban J connectivity index is 1.92. The number of hydrogen-bond donors (Lipinski definition) is 2. The molecule has 3 rings (SSSR count). The maximum atomic E-state index is 13.6. The molecule has 9 heteroatoms. The molecule has 2 aromatic rings. The molecule has 0 saturated carbocycles. The molecule has 0 aromatic carbocycles. The molecule has 2 aromatic heterocycles. The Labute approximate surface area is 163 Å². The average molecular weight is 387 g/mol. The number of hydrogen-bond acceptors (Lipinski definition) is 7. The molecule has 0 spiro atoms. The Morgan fingerprint density at radius 3 is 3.14 bits per heavy atom. The Morgan fingerprint density at radius 2 is 2.39 bits per heavy atom. The predicted octanol–water partition coefficient (Wildman–Crippen LogP) is 2.43. The fourth-order valence-electron chi connectivity index (χ4n) is 3.21. The van der Waals surface area contributed by atoms with Gasteiger partial charge >= 0.3 is 0 Å². The molecule has 0 amide bonds. The molecule has 1 aliphatic heterocycles. The summed E-state index contributed by atoms with van der Waals surface area (Å²) in [5.41, 5.74) is 12.7. The summed E-state index contributed by atoms with van der Waals surface area (Å²) in [5, 5.41) is 4.15. The van der Waals surface area contributed by atoms with Gasteiger partial charge in [0, 0.05) is 12.7 Å². The van der Waals surface area contributed by atoms with Gasteiger partial charge in [0.15, 0.2) is 5.65 Å². The smallest absolute Gasteiger partial charge is 0.211 e. The van der Waals surface area contributed by atoms with E-state index in [2.05, 4.69) is 26.6 Å². The van der Waals surface area contributed by atoms with Crippen LogP contribution >= 0.6 is 0 Å². The second-order valence-corrected chi connectivity index (χ2v) is 6.70. The van der Waals surface area contributed by atoms with Gasteiger partial charge in [-0.05, 0) is 44.9 Å². The largest absolute Gasteiger partial charge is 0.476 e. The molecule has 1 saturated heterocycles. The first-order valence-corrected chi connectivity index (χ1v) is 9.32. The van der Waals surface area contributed by atoms with Crippen LogP contribution in [-0.2, 0) is 4.74 Å². The lowest BCUT2D eigenvalue weighted by Gasteiger charge is -2.28. The number of aliphatic imine (C=N–C) groups is 1. The molecule has 4 N–H and O–H groups in total. The highest BCUT2D eigenvalue weighted by Crippen LogP contribution is 2.27. The summed E-state index contributed by atoms with van der Waals surface area (Å²) < 4.78 is 21.2. The third-order valence-corrected chi connectivity index (χ3v) is 4.62. The molecule has 150 valence electrons. The predicted molar refractivity (Wildman–Crippen MR) is 109 cm³/mol. The number of allylic oxidation sites excluding steroid dienone is 2. The number of fused-ring (bicyclic) bond motifs is 1. The molecule has 1 unspecified atom stereocenters. The first-order chi connectivity index (χ1) is 13.5. The van der Waals surface area contributed by atoms with Crippen molar-refractivity contribution >= 4 is 23.1 Å². The van der Waals surface area contributed by atoms with Crippen molar-refractivity contribution in [2.45, 2.75) is 38.3 Å². The van der Waals surface area contributed by atoms with Crippen molar-refractivity contribution in [2.24, 2.45) is 10.7 Å². The molecule has 0 aliphatic carbocycles. The van der Waals surface area contributed by atoms with E-state index in [0.717, 1.165) is 37.5 Å². The summed E-state index contributed by atoms with van der Waals surface area (Å²) in [6.45, 7) is 6.61. The highest BCUT2D eigenvalue weighted by molar-refractivity contribution is 5.86. The van der Waals surface area contributed by atoms with Crippen molar-refractivity contribution in [1.82, 2.24) is 14.6 Å². The van der Waals surface area contributed by atoms with E-state index in [4.69, 9.17) is 16.2 Å².